The van der Waals surface area contributed by atoms with Crippen LogP contribution >= 0.6 is 0 Å². The topological polar surface area (TPSA) is 139 Å². The molecule has 3 N–H and O–H groups in total. The molecule has 61 heavy (non-hydrogen) atoms. The first-order valence-electron chi connectivity index (χ1n) is 20.6. The van der Waals surface area contributed by atoms with Crippen molar-refractivity contribution in [3.05, 3.63) is 184 Å². The van der Waals surface area contributed by atoms with Crippen LogP contribution in [0.1, 0.15) is 41.6 Å². The maximum atomic E-state index is 12.9. The highest BCUT2D eigenvalue weighted by molar-refractivity contribution is 5.89. The predicted octanol–water partition coefficient (Wildman–Crippen LogP) is 9.48. The Morgan fingerprint density at radius 3 is 2.15 bits per heavy atom. The number of nitrogens with one attached hydrogen (secondary N) is 2. The molecule has 0 bridgehead atoms. The average Bonchev–Trinajstić information content (AvgIpc) is 3.30. The highest BCUT2D eigenvalue weighted by atomic mass is 16.7. The summed E-state index contributed by atoms with van der Waals surface area (Å²) in [5, 5.41) is 26.7. The van der Waals surface area contributed by atoms with E-state index >= 15 is 0 Å². The second kappa shape index (κ2) is 19.2. The third-order valence-electron chi connectivity index (χ3n) is 11.3. The van der Waals surface area contributed by atoms with Crippen molar-refractivity contribution in [2.75, 3.05) is 42.9 Å². The largest absolute Gasteiger partial charge is 0.457 e. The van der Waals surface area contributed by atoms with Crippen LogP contribution in [0.25, 0.3) is 11.1 Å². The van der Waals surface area contributed by atoms with E-state index in [4.69, 9.17) is 14.2 Å². The molecular weight excluding hydrogens is 771 g/mol. The number of hydrogen-bond donors (Lipinski definition) is 3. The van der Waals surface area contributed by atoms with Crippen molar-refractivity contribution in [1.29, 1.82) is 0 Å². The van der Waals surface area contributed by atoms with Crippen LogP contribution in [0.4, 0.5) is 21.9 Å². The molecule has 2 aliphatic heterocycles. The maximum Gasteiger partial charge on any atom is 0.319 e. The molecule has 2 heterocycles. The first kappa shape index (κ1) is 41.2. The van der Waals surface area contributed by atoms with Crippen LogP contribution in [0.15, 0.2) is 152 Å². The van der Waals surface area contributed by atoms with Gasteiger partial charge in [-0.1, -0.05) is 85.8 Å². The number of rotatable bonds is 13. The van der Waals surface area contributed by atoms with Crippen LogP contribution < -0.4 is 20.3 Å². The number of anilines is 2. The molecule has 8 rings (SSSR count). The van der Waals surface area contributed by atoms with E-state index in [1.54, 1.807) is 24.3 Å². The van der Waals surface area contributed by atoms with E-state index in [2.05, 4.69) is 51.6 Å². The summed E-state index contributed by atoms with van der Waals surface area (Å²) in [6, 6.07) is 47.5. The number of non-ortho nitro benzene ring substituents is 1. The molecule has 0 aliphatic carbocycles. The summed E-state index contributed by atoms with van der Waals surface area (Å²) in [4.78, 5) is 28.3. The SMILES string of the molecule is C[C@@H]1[C@H](CN2CCN(c3ccc([N+](=O)[O-])cc3)CC2)O[C@H](c2cccc(-c3cccc(CNC(=O)Nc4ccc(Oc5ccccc5)cc4)c3)c2)O[C@@H]1c1ccc(CO)cc1. The van der Waals surface area contributed by atoms with Gasteiger partial charge < -0.3 is 34.9 Å². The second-order valence-corrected chi connectivity index (χ2v) is 15.5. The van der Waals surface area contributed by atoms with E-state index in [1.807, 2.05) is 103 Å². The monoisotopic (exact) mass is 819 g/mol. The third-order valence-corrected chi connectivity index (χ3v) is 11.3. The van der Waals surface area contributed by atoms with Gasteiger partial charge in [-0.25, -0.2) is 4.79 Å². The number of aliphatic hydroxyl groups is 1. The quantitative estimate of drug-likeness (QED) is 0.0769. The summed E-state index contributed by atoms with van der Waals surface area (Å²) >= 11 is 0. The number of urea groups is 1. The fourth-order valence-electron chi connectivity index (χ4n) is 7.87. The van der Waals surface area contributed by atoms with Crippen molar-refractivity contribution in [3.8, 4) is 22.6 Å². The number of benzene rings is 6. The van der Waals surface area contributed by atoms with Crippen LogP contribution in [-0.2, 0) is 22.6 Å². The summed E-state index contributed by atoms with van der Waals surface area (Å²) in [5.41, 5.74) is 7.43. The highest BCUT2D eigenvalue weighted by Gasteiger charge is 2.39. The summed E-state index contributed by atoms with van der Waals surface area (Å²) in [7, 11) is 0. The zero-order valence-corrected chi connectivity index (χ0v) is 33.9. The molecule has 12 nitrogen and oxygen atoms in total. The van der Waals surface area contributed by atoms with Crippen LogP contribution in [0, 0.1) is 16.0 Å². The normalized spacial score (nSPS) is 19.2. The van der Waals surface area contributed by atoms with E-state index in [0.29, 0.717) is 18.0 Å². The minimum Gasteiger partial charge on any atom is -0.457 e. The van der Waals surface area contributed by atoms with E-state index in [9.17, 15) is 20.0 Å². The molecule has 2 aliphatic rings. The molecule has 0 aromatic heterocycles. The number of piperazine rings is 1. The number of ether oxygens (including phenoxy) is 3. The van der Waals surface area contributed by atoms with Crippen molar-refractivity contribution in [2.24, 2.45) is 5.92 Å². The van der Waals surface area contributed by atoms with Gasteiger partial charge in [0.25, 0.3) is 5.69 Å². The minimum atomic E-state index is -0.627. The fourth-order valence-corrected chi connectivity index (χ4v) is 7.87. The summed E-state index contributed by atoms with van der Waals surface area (Å²) in [5.74, 6) is 1.45. The van der Waals surface area contributed by atoms with Crippen molar-refractivity contribution >= 4 is 23.1 Å². The zero-order chi connectivity index (χ0) is 42.1. The Hall–Kier alpha value is -6.57. The van der Waals surface area contributed by atoms with Crippen LogP contribution in [0.3, 0.4) is 0 Å². The number of hydrogen-bond acceptors (Lipinski definition) is 9. The third kappa shape index (κ3) is 10.4. The van der Waals surface area contributed by atoms with Gasteiger partial charge in [0.2, 0.25) is 0 Å². The maximum absolute atomic E-state index is 12.9. The Labute approximate surface area is 355 Å². The van der Waals surface area contributed by atoms with Gasteiger partial charge in [0.1, 0.15) is 11.5 Å². The molecule has 2 amide bonds. The molecule has 6 aromatic rings. The van der Waals surface area contributed by atoms with Crippen LogP contribution in [0.2, 0.25) is 0 Å². The van der Waals surface area contributed by atoms with Crippen LogP contribution in [0.5, 0.6) is 11.5 Å². The average molecular weight is 820 g/mol. The fraction of sp³-hybridized carbons (Fsp3) is 0.245. The smallest absolute Gasteiger partial charge is 0.319 e. The number of amides is 2. The Kier molecular flexibility index (Phi) is 13.0. The summed E-state index contributed by atoms with van der Waals surface area (Å²) in [6.07, 6.45) is -1.02. The molecule has 0 saturated carbocycles. The van der Waals surface area contributed by atoms with E-state index in [-0.39, 0.29) is 41.4 Å². The molecule has 0 spiro atoms. The Morgan fingerprint density at radius 1 is 0.754 bits per heavy atom. The van der Waals surface area contributed by atoms with Crippen molar-refractivity contribution < 1.29 is 29.0 Å². The molecular formula is C49H49N5O7. The molecule has 6 aromatic carbocycles. The van der Waals surface area contributed by atoms with Gasteiger partial charge in [0.05, 0.1) is 23.7 Å². The van der Waals surface area contributed by atoms with Crippen molar-refractivity contribution in [2.45, 2.75) is 38.6 Å². The van der Waals surface area contributed by atoms with E-state index in [1.165, 1.54) is 0 Å². The Balaban J connectivity index is 0.922. The molecule has 2 fully saturated rings. The van der Waals surface area contributed by atoms with Gasteiger partial charge in [-0.05, 0) is 88.5 Å². The van der Waals surface area contributed by atoms with Gasteiger partial charge in [-0.3, -0.25) is 15.0 Å². The van der Waals surface area contributed by atoms with Gasteiger partial charge >= 0.3 is 6.03 Å². The van der Waals surface area contributed by atoms with Gasteiger partial charge in [0.15, 0.2) is 6.29 Å². The number of nitrogens with zero attached hydrogens (tertiary/aromatic N) is 3. The van der Waals surface area contributed by atoms with Crippen molar-refractivity contribution in [3.63, 3.8) is 0 Å². The minimum absolute atomic E-state index is 0.0285. The lowest BCUT2D eigenvalue weighted by atomic mass is 9.89. The Bertz CT molecular complexity index is 2390. The van der Waals surface area contributed by atoms with Crippen LogP contribution in [-0.4, -0.2) is 59.8 Å². The number of carbonyl (C=O) groups is 1. The van der Waals surface area contributed by atoms with E-state index < -0.39 is 6.29 Å². The van der Waals surface area contributed by atoms with Crippen molar-refractivity contribution in [1.82, 2.24) is 10.2 Å². The van der Waals surface area contributed by atoms with Gasteiger partial charge in [-0.2, -0.15) is 0 Å². The van der Waals surface area contributed by atoms with Gasteiger partial charge in [-0.15, -0.1) is 0 Å². The molecule has 0 radical (unpaired) electrons. The lowest BCUT2D eigenvalue weighted by Crippen LogP contribution is -2.51. The van der Waals surface area contributed by atoms with E-state index in [0.717, 1.165) is 77.5 Å². The molecule has 12 heteroatoms. The molecule has 0 unspecified atom stereocenters. The highest BCUT2D eigenvalue weighted by Crippen LogP contribution is 2.42. The lowest BCUT2D eigenvalue weighted by Gasteiger charge is -2.44. The van der Waals surface area contributed by atoms with Gasteiger partial charge in [0, 0.05) is 74.3 Å². The zero-order valence-electron chi connectivity index (χ0n) is 33.9. The molecule has 2 saturated heterocycles. The first-order chi connectivity index (χ1) is 29.8. The molecule has 4 atom stereocenters. The first-order valence-corrected chi connectivity index (χ1v) is 20.6. The predicted molar refractivity (Wildman–Crippen MR) is 235 cm³/mol. The standard InChI is InChI=1S/C49H49N5O7/c1-34-46(32-52-25-27-53(28-26-52)42-19-21-43(22-20-42)54(57)58)60-48(61-47(34)37-15-13-35(33-55)14-16-37)40-10-6-9-39(30-40)38-8-5-7-36(29-38)31-50-49(56)51-41-17-23-45(24-18-41)59-44-11-3-2-4-12-44/h2-24,29-30,34,46-48,55H,25-28,31-33H2,1H3,(H2,50,51,56)/t34-,46+,47+,48+/m1/s1. The number of nitro groups is 1. The summed E-state index contributed by atoms with van der Waals surface area (Å²) in [6.45, 7) is 6.44. The molecule has 312 valence electrons. The number of aliphatic hydroxyl groups excluding tert-OH is 1. The number of nitro benzene ring substituents is 1. The Morgan fingerprint density at radius 2 is 1.44 bits per heavy atom. The lowest BCUT2D eigenvalue weighted by molar-refractivity contribution is -0.384. The summed E-state index contributed by atoms with van der Waals surface area (Å²) < 4.78 is 19.5. The second-order valence-electron chi connectivity index (χ2n) is 15.5. The number of carbonyl (C=O) groups excluding carboxylic acids is 1. The number of para-hydroxylation sites is 1.